The zero-order valence-corrected chi connectivity index (χ0v) is 9.82. The van der Waals surface area contributed by atoms with Crippen LogP contribution in [0.3, 0.4) is 0 Å². The van der Waals surface area contributed by atoms with E-state index in [0.717, 1.165) is 0 Å². The summed E-state index contributed by atoms with van der Waals surface area (Å²) >= 11 is 0. The number of nitrogens with one attached hydrogen (secondary N) is 1. The van der Waals surface area contributed by atoms with Gasteiger partial charge in [0, 0.05) is 19.6 Å². The van der Waals surface area contributed by atoms with Gasteiger partial charge in [-0.1, -0.05) is 12.1 Å². The van der Waals surface area contributed by atoms with Crippen LogP contribution < -0.4 is 5.32 Å². The van der Waals surface area contributed by atoms with Gasteiger partial charge in [-0.25, -0.2) is 9.18 Å². The standard InChI is InChI=1S/C12H17FN2O2/c1-2-15(6-7-16)12(17)14-9-10-4-3-5-11(13)8-10/h3-5,8,16H,2,6-7,9H2,1H3,(H,14,17). The van der Waals surface area contributed by atoms with Crippen molar-refractivity contribution in [2.24, 2.45) is 0 Å². The number of carbonyl (C=O) groups is 1. The van der Waals surface area contributed by atoms with Crippen LogP contribution in [0.1, 0.15) is 12.5 Å². The minimum Gasteiger partial charge on any atom is -0.395 e. The molecule has 17 heavy (non-hydrogen) atoms. The molecule has 94 valence electrons. The highest BCUT2D eigenvalue weighted by Crippen LogP contribution is 2.03. The van der Waals surface area contributed by atoms with Crippen LogP contribution in [0.5, 0.6) is 0 Å². The molecule has 2 amide bonds. The van der Waals surface area contributed by atoms with E-state index in [4.69, 9.17) is 5.11 Å². The van der Waals surface area contributed by atoms with Crippen LogP contribution in [0, 0.1) is 5.82 Å². The highest BCUT2D eigenvalue weighted by molar-refractivity contribution is 5.74. The summed E-state index contributed by atoms with van der Waals surface area (Å²) in [5, 5.41) is 11.4. The fourth-order valence-electron chi connectivity index (χ4n) is 1.46. The van der Waals surface area contributed by atoms with E-state index < -0.39 is 0 Å². The van der Waals surface area contributed by atoms with E-state index in [1.807, 2.05) is 6.92 Å². The van der Waals surface area contributed by atoms with E-state index in [-0.39, 0.29) is 25.0 Å². The molecule has 0 aliphatic carbocycles. The molecular formula is C12H17FN2O2. The van der Waals surface area contributed by atoms with Crippen molar-refractivity contribution in [3.05, 3.63) is 35.6 Å². The lowest BCUT2D eigenvalue weighted by atomic mass is 10.2. The third-order valence-electron chi connectivity index (χ3n) is 2.37. The van der Waals surface area contributed by atoms with Gasteiger partial charge in [0.2, 0.25) is 0 Å². The van der Waals surface area contributed by atoms with Crippen molar-refractivity contribution in [3.8, 4) is 0 Å². The first-order valence-electron chi connectivity index (χ1n) is 5.55. The predicted molar refractivity (Wildman–Crippen MR) is 63.0 cm³/mol. The van der Waals surface area contributed by atoms with Crippen molar-refractivity contribution in [2.45, 2.75) is 13.5 Å². The molecule has 0 saturated heterocycles. The number of urea groups is 1. The minimum atomic E-state index is -0.320. The number of benzene rings is 1. The molecule has 1 aromatic rings. The van der Waals surface area contributed by atoms with Crippen LogP contribution in [-0.4, -0.2) is 35.7 Å². The second kappa shape index (κ2) is 6.85. The normalized spacial score (nSPS) is 10.1. The maximum absolute atomic E-state index is 12.9. The van der Waals surface area contributed by atoms with Crippen LogP contribution in [0.2, 0.25) is 0 Å². The summed E-state index contributed by atoms with van der Waals surface area (Å²) in [6.45, 7) is 2.86. The average Bonchev–Trinajstić information content (AvgIpc) is 2.33. The van der Waals surface area contributed by atoms with Crippen molar-refractivity contribution in [1.82, 2.24) is 10.2 Å². The number of hydrogen-bond acceptors (Lipinski definition) is 2. The highest BCUT2D eigenvalue weighted by Gasteiger charge is 2.09. The number of rotatable bonds is 5. The van der Waals surface area contributed by atoms with Crippen molar-refractivity contribution < 1.29 is 14.3 Å². The Morgan fingerprint density at radius 1 is 1.53 bits per heavy atom. The average molecular weight is 240 g/mol. The fourth-order valence-corrected chi connectivity index (χ4v) is 1.46. The van der Waals surface area contributed by atoms with Gasteiger partial charge >= 0.3 is 6.03 Å². The zero-order chi connectivity index (χ0) is 12.7. The molecule has 0 atom stereocenters. The summed E-state index contributed by atoms with van der Waals surface area (Å²) in [6.07, 6.45) is 0. The lowest BCUT2D eigenvalue weighted by molar-refractivity contribution is 0.180. The smallest absolute Gasteiger partial charge is 0.317 e. The number of hydrogen-bond donors (Lipinski definition) is 2. The molecule has 1 rings (SSSR count). The highest BCUT2D eigenvalue weighted by atomic mass is 19.1. The molecule has 0 aromatic heterocycles. The van der Waals surface area contributed by atoms with Crippen LogP contribution in [0.15, 0.2) is 24.3 Å². The molecule has 0 radical (unpaired) electrons. The van der Waals surface area contributed by atoms with Crippen molar-refractivity contribution >= 4 is 6.03 Å². The Morgan fingerprint density at radius 2 is 2.29 bits per heavy atom. The molecule has 0 aliphatic heterocycles. The second-order valence-corrected chi connectivity index (χ2v) is 3.59. The number of likely N-dealkylation sites (N-methyl/N-ethyl adjacent to an activating group) is 1. The van der Waals surface area contributed by atoms with E-state index in [2.05, 4.69) is 5.32 Å². The fraction of sp³-hybridized carbons (Fsp3) is 0.417. The van der Waals surface area contributed by atoms with E-state index in [1.165, 1.54) is 17.0 Å². The number of halogens is 1. The van der Waals surface area contributed by atoms with Gasteiger partial charge < -0.3 is 15.3 Å². The first-order chi connectivity index (χ1) is 8.17. The van der Waals surface area contributed by atoms with Crippen LogP contribution >= 0.6 is 0 Å². The minimum absolute atomic E-state index is 0.0682. The van der Waals surface area contributed by atoms with Gasteiger partial charge in [-0.05, 0) is 24.6 Å². The molecule has 0 unspecified atom stereocenters. The molecule has 4 nitrogen and oxygen atoms in total. The van der Waals surface area contributed by atoms with E-state index in [0.29, 0.717) is 18.7 Å². The number of aliphatic hydroxyl groups is 1. The number of aliphatic hydroxyl groups excluding tert-OH is 1. The summed E-state index contributed by atoms with van der Waals surface area (Å²) < 4.78 is 12.9. The summed E-state index contributed by atoms with van der Waals surface area (Å²) in [5.41, 5.74) is 0.707. The topological polar surface area (TPSA) is 52.6 Å². The molecule has 2 N–H and O–H groups in total. The van der Waals surface area contributed by atoms with Gasteiger partial charge in [-0.3, -0.25) is 0 Å². The lowest BCUT2D eigenvalue weighted by Gasteiger charge is -2.20. The molecule has 0 heterocycles. The molecule has 1 aromatic carbocycles. The van der Waals surface area contributed by atoms with Crippen molar-refractivity contribution in [3.63, 3.8) is 0 Å². The number of nitrogens with zero attached hydrogens (tertiary/aromatic N) is 1. The molecule has 0 fully saturated rings. The second-order valence-electron chi connectivity index (χ2n) is 3.59. The van der Waals surface area contributed by atoms with E-state index >= 15 is 0 Å². The quantitative estimate of drug-likeness (QED) is 0.816. The summed E-state index contributed by atoms with van der Waals surface area (Å²) in [5.74, 6) is -0.320. The Hall–Kier alpha value is -1.62. The van der Waals surface area contributed by atoms with Gasteiger partial charge in [-0.15, -0.1) is 0 Å². The van der Waals surface area contributed by atoms with Gasteiger partial charge in [0.1, 0.15) is 5.82 Å². The van der Waals surface area contributed by atoms with Crippen molar-refractivity contribution in [1.29, 1.82) is 0 Å². The number of amides is 2. The summed E-state index contributed by atoms with van der Waals surface area (Å²) in [7, 11) is 0. The van der Waals surface area contributed by atoms with Crippen LogP contribution in [0.25, 0.3) is 0 Å². The van der Waals surface area contributed by atoms with Gasteiger partial charge in [0.15, 0.2) is 0 Å². The maximum Gasteiger partial charge on any atom is 0.317 e. The lowest BCUT2D eigenvalue weighted by Crippen LogP contribution is -2.41. The maximum atomic E-state index is 12.9. The molecule has 0 bridgehead atoms. The first kappa shape index (κ1) is 13.4. The summed E-state index contributed by atoms with van der Waals surface area (Å²) in [6, 6.07) is 5.82. The molecule has 0 spiro atoms. The van der Waals surface area contributed by atoms with E-state index in [9.17, 15) is 9.18 Å². The largest absolute Gasteiger partial charge is 0.395 e. The molecule has 0 aliphatic rings. The first-order valence-corrected chi connectivity index (χ1v) is 5.55. The van der Waals surface area contributed by atoms with Gasteiger partial charge in [-0.2, -0.15) is 0 Å². The molecule has 0 saturated carbocycles. The van der Waals surface area contributed by atoms with Crippen LogP contribution in [-0.2, 0) is 6.54 Å². The molecular weight excluding hydrogens is 223 g/mol. The Labute approximate surface area is 100 Å². The number of carbonyl (C=O) groups excluding carboxylic acids is 1. The molecule has 5 heteroatoms. The van der Waals surface area contributed by atoms with Crippen molar-refractivity contribution in [2.75, 3.05) is 19.7 Å². The Bertz CT molecular complexity index is 371. The summed E-state index contributed by atoms with van der Waals surface area (Å²) in [4.78, 5) is 13.1. The Morgan fingerprint density at radius 3 is 2.88 bits per heavy atom. The SMILES string of the molecule is CCN(CCO)C(=O)NCc1cccc(F)c1. The third kappa shape index (κ3) is 4.40. The predicted octanol–water partition coefficient (Wildman–Crippen LogP) is 1.35. The third-order valence-corrected chi connectivity index (χ3v) is 2.37. The Balaban J connectivity index is 2.47. The Kier molecular flexibility index (Phi) is 5.42. The van der Waals surface area contributed by atoms with E-state index in [1.54, 1.807) is 12.1 Å². The zero-order valence-electron chi connectivity index (χ0n) is 9.82. The van der Waals surface area contributed by atoms with Gasteiger partial charge in [0.05, 0.1) is 6.61 Å². The van der Waals surface area contributed by atoms with Gasteiger partial charge in [0.25, 0.3) is 0 Å². The monoisotopic (exact) mass is 240 g/mol. The van der Waals surface area contributed by atoms with Crippen LogP contribution in [0.4, 0.5) is 9.18 Å².